The van der Waals surface area contributed by atoms with E-state index in [9.17, 15) is 4.79 Å². The van der Waals surface area contributed by atoms with E-state index in [0.717, 1.165) is 25.2 Å². The minimum absolute atomic E-state index is 0.0290. The highest BCUT2D eigenvalue weighted by Gasteiger charge is 2.27. The van der Waals surface area contributed by atoms with Gasteiger partial charge in [0.15, 0.2) is 0 Å². The Labute approximate surface area is 141 Å². The molecule has 1 aliphatic rings. The van der Waals surface area contributed by atoms with Gasteiger partial charge in [-0.05, 0) is 62.1 Å². The second-order valence-corrected chi connectivity index (χ2v) is 7.03. The number of aryl methyl sites for hydroxylation is 1. The number of ether oxygens (including phenoxy) is 1. The van der Waals surface area contributed by atoms with Gasteiger partial charge in [-0.1, -0.05) is 51.7 Å². The third-order valence-corrected chi connectivity index (χ3v) is 5.09. The molecule has 1 saturated carbocycles. The molecule has 2 rings (SSSR count). The van der Waals surface area contributed by atoms with Gasteiger partial charge in [-0.3, -0.25) is 4.79 Å². The summed E-state index contributed by atoms with van der Waals surface area (Å²) in [5.74, 6) is 1.60. The van der Waals surface area contributed by atoms with Gasteiger partial charge in [0.2, 0.25) is 0 Å². The first-order valence-electron chi connectivity index (χ1n) is 9.53. The number of hydrogen-bond donors (Lipinski definition) is 0. The molecule has 23 heavy (non-hydrogen) atoms. The van der Waals surface area contributed by atoms with Crippen molar-refractivity contribution in [3.63, 3.8) is 0 Å². The van der Waals surface area contributed by atoms with Crippen LogP contribution >= 0.6 is 0 Å². The first-order valence-corrected chi connectivity index (χ1v) is 9.53. The second kappa shape index (κ2) is 9.75. The van der Waals surface area contributed by atoms with Gasteiger partial charge in [0, 0.05) is 0 Å². The van der Waals surface area contributed by atoms with E-state index in [-0.39, 0.29) is 11.9 Å². The number of unbranched alkanes of at least 4 members (excludes halogenated alkanes) is 2. The van der Waals surface area contributed by atoms with Crippen LogP contribution < -0.4 is 4.74 Å². The van der Waals surface area contributed by atoms with Crippen LogP contribution in [0.3, 0.4) is 0 Å². The maximum atomic E-state index is 12.3. The second-order valence-electron chi connectivity index (χ2n) is 7.03. The fourth-order valence-electron chi connectivity index (χ4n) is 3.60. The lowest BCUT2D eigenvalue weighted by molar-refractivity contribution is -0.140. The molecule has 0 spiro atoms. The maximum Gasteiger partial charge on any atom is 0.314 e. The summed E-state index contributed by atoms with van der Waals surface area (Å²) in [4.78, 5) is 12.3. The number of carbonyl (C=O) groups is 1. The monoisotopic (exact) mass is 316 g/mol. The average molecular weight is 316 g/mol. The van der Waals surface area contributed by atoms with E-state index < -0.39 is 0 Å². The standard InChI is InChI=1S/C21H32O2/c1-3-5-6-8-18-11-15-20(16-12-18)23-21(22)19-13-9-17(7-4-2)10-14-19/h11-12,15-17,19H,3-10,13-14H2,1-2H3. The fourth-order valence-corrected chi connectivity index (χ4v) is 3.60. The van der Waals surface area contributed by atoms with Crippen molar-refractivity contribution in [2.24, 2.45) is 11.8 Å². The summed E-state index contributed by atoms with van der Waals surface area (Å²) in [5.41, 5.74) is 1.33. The molecule has 0 aliphatic heterocycles. The molecule has 0 atom stereocenters. The Morgan fingerprint density at radius 1 is 1.00 bits per heavy atom. The van der Waals surface area contributed by atoms with E-state index in [4.69, 9.17) is 4.74 Å². The van der Waals surface area contributed by atoms with E-state index in [1.165, 1.54) is 50.5 Å². The molecule has 2 nitrogen and oxygen atoms in total. The van der Waals surface area contributed by atoms with Gasteiger partial charge in [-0.2, -0.15) is 0 Å². The molecule has 0 N–H and O–H groups in total. The summed E-state index contributed by atoms with van der Waals surface area (Å²) >= 11 is 0. The van der Waals surface area contributed by atoms with Gasteiger partial charge in [0.1, 0.15) is 5.75 Å². The lowest BCUT2D eigenvalue weighted by atomic mass is 9.80. The molecule has 0 unspecified atom stereocenters. The van der Waals surface area contributed by atoms with Crippen LogP contribution in [0, 0.1) is 11.8 Å². The van der Waals surface area contributed by atoms with Gasteiger partial charge >= 0.3 is 5.97 Å². The summed E-state index contributed by atoms with van der Waals surface area (Å²) in [6.07, 6.45) is 11.8. The van der Waals surface area contributed by atoms with Gasteiger partial charge < -0.3 is 4.74 Å². The van der Waals surface area contributed by atoms with Crippen molar-refractivity contribution >= 4 is 5.97 Å². The highest BCUT2D eigenvalue weighted by Crippen LogP contribution is 2.32. The molecule has 0 aromatic heterocycles. The van der Waals surface area contributed by atoms with Crippen molar-refractivity contribution in [3.8, 4) is 5.75 Å². The summed E-state index contributed by atoms with van der Waals surface area (Å²) in [6, 6.07) is 8.08. The molecule has 1 aromatic rings. The van der Waals surface area contributed by atoms with Crippen molar-refractivity contribution in [3.05, 3.63) is 29.8 Å². The molecular weight excluding hydrogens is 284 g/mol. The van der Waals surface area contributed by atoms with Crippen LogP contribution in [0.5, 0.6) is 5.75 Å². The molecule has 0 bridgehead atoms. The van der Waals surface area contributed by atoms with Crippen LogP contribution in [-0.2, 0) is 11.2 Å². The van der Waals surface area contributed by atoms with Crippen molar-refractivity contribution in [1.29, 1.82) is 0 Å². The summed E-state index contributed by atoms with van der Waals surface area (Å²) in [7, 11) is 0. The highest BCUT2D eigenvalue weighted by molar-refractivity contribution is 5.75. The third-order valence-electron chi connectivity index (χ3n) is 5.09. The van der Waals surface area contributed by atoms with Crippen LogP contribution in [0.1, 0.15) is 77.2 Å². The summed E-state index contributed by atoms with van der Waals surface area (Å²) < 4.78 is 5.59. The SMILES string of the molecule is CCCCCc1ccc(OC(=O)C2CCC(CCC)CC2)cc1. The van der Waals surface area contributed by atoms with Crippen molar-refractivity contribution in [2.75, 3.05) is 0 Å². The zero-order valence-corrected chi connectivity index (χ0v) is 14.9. The Hall–Kier alpha value is -1.31. The van der Waals surface area contributed by atoms with E-state index >= 15 is 0 Å². The van der Waals surface area contributed by atoms with Crippen LogP contribution in [-0.4, -0.2) is 5.97 Å². The maximum absolute atomic E-state index is 12.3. The van der Waals surface area contributed by atoms with Crippen LogP contribution in [0.2, 0.25) is 0 Å². The average Bonchev–Trinajstić information content (AvgIpc) is 2.57. The Balaban J connectivity index is 1.77. The Kier molecular flexibility index (Phi) is 7.64. The van der Waals surface area contributed by atoms with E-state index in [0.29, 0.717) is 5.75 Å². The molecule has 1 aromatic carbocycles. The minimum Gasteiger partial charge on any atom is -0.426 e. The number of benzene rings is 1. The predicted molar refractivity (Wildman–Crippen MR) is 95.7 cm³/mol. The third kappa shape index (κ3) is 6.01. The highest BCUT2D eigenvalue weighted by atomic mass is 16.5. The summed E-state index contributed by atoms with van der Waals surface area (Å²) in [5, 5.41) is 0. The zero-order chi connectivity index (χ0) is 16.5. The van der Waals surface area contributed by atoms with Crippen molar-refractivity contribution in [2.45, 2.75) is 78.1 Å². The molecule has 1 fully saturated rings. The lowest BCUT2D eigenvalue weighted by Gasteiger charge is -2.26. The molecule has 0 amide bonds. The van der Waals surface area contributed by atoms with E-state index in [2.05, 4.69) is 26.0 Å². The molecule has 0 saturated heterocycles. The molecular formula is C21H32O2. The van der Waals surface area contributed by atoms with Gasteiger partial charge in [-0.15, -0.1) is 0 Å². The number of hydrogen-bond acceptors (Lipinski definition) is 2. The Morgan fingerprint density at radius 2 is 1.70 bits per heavy atom. The van der Waals surface area contributed by atoms with Crippen molar-refractivity contribution < 1.29 is 9.53 Å². The van der Waals surface area contributed by atoms with E-state index in [1.807, 2.05) is 12.1 Å². The quantitative estimate of drug-likeness (QED) is 0.337. The normalized spacial score (nSPS) is 21.1. The van der Waals surface area contributed by atoms with Gasteiger partial charge in [0.25, 0.3) is 0 Å². The Morgan fingerprint density at radius 3 is 2.30 bits per heavy atom. The molecule has 2 heteroatoms. The topological polar surface area (TPSA) is 26.3 Å². The fraction of sp³-hybridized carbons (Fsp3) is 0.667. The first-order chi connectivity index (χ1) is 11.2. The largest absolute Gasteiger partial charge is 0.426 e. The summed E-state index contributed by atoms with van der Waals surface area (Å²) in [6.45, 7) is 4.46. The van der Waals surface area contributed by atoms with E-state index in [1.54, 1.807) is 0 Å². The smallest absolute Gasteiger partial charge is 0.314 e. The minimum atomic E-state index is -0.0290. The lowest BCUT2D eigenvalue weighted by Crippen LogP contribution is -2.25. The van der Waals surface area contributed by atoms with Crippen LogP contribution in [0.4, 0.5) is 0 Å². The van der Waals surface area contributed by atoms with Gasteiger partial charge in [0.05, 0.1) is 5.92 Å². The van der Waals surface area contributed by atoms with Crippen LogP contribution in [0.25, 0.3) is 0 Å². The van der Waals surface area contributed by atoms with Crippen LogP contribution in [0.15, 0.2) is 24.3 Å². The number of carbonyl (C=O) groups excluding carboxylic acids is 1. The molecule has 128 valence electrons. The first kappa shape index (κ1) is 18.0. The number of esters is 1. The molecule has 0 heterocycles. The van der Waals surface area contributed by atoms with Gasteiger partial charge in [-0.25, -0.2) is 0 Å². The van der Waals surface area contributed by atoms with Crippen molar-refractivity contribution in [1.82, 2.24) is 0 Å². The number of rotatable bonds is 8. The molecule has 0 radical (unpaired) electrons. The predicted octanol–water partition coefficient (Wildman–Crippen LogP) is 5.93. The Bertz CT molecular complexity index is 455. The zero-order valence-electron chi connectivity index (χ0n) is 14.9. The molecule has 1 aliphatic carbocycles.